The predicted octanol–water partition coefficient (Wildman–Crippen LogP) is 7.90. The van der Waals surface area contributed by atoms with Crippen molar-refractivity contribution in [3.8, 4) is 17.6 Å². The molecule has 4 rings (SSSR count). The molecule has 7 heteroatoms. The molecule has 0 fully saturated rings. The van der Waals surface area contributed by atoms with Gasteiger partial charge in [-0.1, -0.05) is 47.5 Å². The quantitative estimate of drug-likeness (QED) is 0.171. The molecule has 35 heavy (non-hydrogen) atoms. The van der Waals surface area contributed by atoms with Gasteiger partial charge in [0.05, 0.1) is 6.61 Å². The summed E-state index contributed by atoms with van der Waals surface area (Å²) in [6.45, 7) is 6.44. The molecule has 0 spiro atoms. The summed E-state index contributed by atoms with van der Waals surface area (Å²) >= 11 is 12.3. The number of hydrogen-bond donors (Lipinski definition) is 0. The lowest BCUT2D eigenvalue weighted by Gasteiger charge is -2.17. The third-order valence-corrected chi connectivity index (χ3v) is 5.75. The van der Waals surface area contributed by atoms with Gasteiger partial charge in [-0.25, -0.2) is 4.98 Å². The molecular formula is C28H22Cl2N2O3. The Labute approximate surface area is 213 Å². The SMILES string of the molecule is C=CCc1cc(/C=C(\C#N)c2nc3ccccc3o2)cc(OCC)c1OCc1ccc(Cl)cc1Cl. The summed E-state index contributed by atoms with van der Waals surface area (Å²) in [6.07, 6.45) is 4.04. The van der Waals surface area contributed by atoms with Crippen LogP contribution in [0, 0.1) is 11.3 Å². The molecule has 0 aliphatic rings. The maximum atomic E-state index is 9.81. The van der Waals surface area contributed by atoms with Gasteiger partial charge in [-0.05, 0) is 61.4 Å². The Morgan fingerprint density at radius 2 is 1.94 bits per heavy atom. The highest BCUT2D eigenvalue weighted by Gasteiger charge is 2.16. The number of para-hydroxylation sites is 2. The van der Waals surface area contributed by atoms with Crippen molar-refractivity contribution in [2.24, 2.45) is 0 Å². The summed E-state index contributed by atoms with van der Waals surface area (Å²) < 4.78 is 17.9. The van der Waals surface area contributed by atoms with Crippen LogP contribution in [0.2, 0.25) is 10.0 Å². The Morgan fingerprint density at radius 1 is 1.11 bits per heavy atom. The fraction of sp³-hybridized carbons (Fsp3) is 0.143. The Morgan fingerprint density at radius 3 is 2.66 bits per heavy atom. The van der Waals surface area contributed by atoms with Crippen LogP contribution in [0.4, 0.5) is 0 Å². The molecule has 0 aliphatic carbocycles. The molecule has 0 saturated heterocycles. The Balaban J connectivity index is 1.72. The second-order valence-corrected chi connectivity index (χ2v) is 8.46. The van der Waals surface area contributed by atoms with Gasteiger partial charge in [0.15, 0.2) is 17.1 Å². The van der Waals surface area contributed by atoms with E-state index in [1.165, 1.54) is 0 Å². The van der Waals surface area contributed by atoms with E-state index in [0.717, 1.165) is 16.7 Å². The van der Waals surface area contributed by atoms with Gasteiger partial charge in [0, 0.05) is 21.2 Å². The van der Waals surface area contributed by atoms with Crippen LogP contribution < -0.4 is 9.47 Å². The molecule has 0 saturated carbocycles. The molecule has 0 atom stereocenters. The summed E-state index contributed by atoms with van der Waals surface area (Å²) in [5, 5.41) is 10.9. The first kappa shape index (κ1) is 24.4. The van der Waals surface area contributed by atoms with Gasteiger partial charge in [-0.15, -0.1) is 6.58 Å². The van der Waals surface area contributed by atoms with E-state index in [2.05, 4.69) is 17.6 Å². The van der Waals surface area contributed by atoms with Gasteiger partial charge in [-0.3, -0.25) is 0 Å². The Bertz CT molecular complexity index is 1420. The standard InChI is InChI=1S/C28H22Cl2N2O3/c1-3-7-19-12-18(13-21(16-31)28-32-24-8-5-6-9-25(24)35-28)14-26(33-4-2)27(19)34-17-20-10-11-22(29)15-23(20)30/h3,5-6,8-15H,1,4,7,17H2,2H3/b21-13+. The lowest BCUT2D eigenvalue weighted by atomic mass is 10.0. The number of oxazole rings is 1. The van der Waals surface area contributed by atoms with E-state index in [-0.39, 0.29) is 12.5 Å². The number of nitriles is 1. The first-order chi connectivity index (χ1) is 17.0. The molecule has 0 radical (unpaired) electrons. The zero-order valence-electron chi connectivity index (χ0n) is 19.1. The molecule has 0 amide bonds. The summed E-state index contributed by atoms with van der Waals surface area (Å²) in [7, 11) is 0. The smallest absolute Gasteiger partial charge is 0.238 e. The number of hydrogen-bond acceptors (Lipinski definition) is 5. The van der Waals surface area contributed by atoms with Gasteiger partial charge in [0.25, 0.3) is 0 Å². The molecule has 0 aliphatic heterocycles. The van der Waals surface area contributed by atoms with Crippen LogP contribution in [-0.4, -0.2) is 11.6 Å². The minimum atomic E-state index is 0.238. The van der Waals surface area contributed by atoms with Gasteiger partial charge in [0.2, 0.25) is 5.89 Å². The third-order valence-electron chi connectivity index (χ3n) is 5.16. The van der Waals surface area contributed by atoms with E-state index < -0.39 is 0 Å². The van der Waals surface area contributed by atoms with Crippen molar-refractivity contribution in [3.05, 3.63) is 99.9 Å². The number of allylic oxidation sites excluding steroid dienone is 2. The highest BCUT2D eigenvalue weighted by molar-refractivity contribution is 6.35. The van der Waals surface area contributed by atoms with E-state index in [0.29, 0.717) is 51.2 Å². The normalized spacial score (nSPS) is 11.3. The van der Waals surface area contributed by atoms with Crippen LogP contribution in [0.25, 0.3) is 22.7 Å². The van der Waals surface area contributed by atoms with Gasteiger partial charge in [0.1, 0.15) is 23.8 Å². The van der Waals surface area contributed by atoms with Crippen LogP contribution in [0.1, 0.15) is 29.5 Å². The van der Waals surface area contributed by atoms with Gasteiger partial charge < -0.3 is 13.9 Å². The number of ether oxygens (including phenoxy) is 2. The second kappa shape index (κ2) is 11.1. The predicted molar refractivity (Wildman–Crippen MR) is 140 cm³/mol. The lowest BCUT2D eigenvalue weighted by molar-refractivity contribution is 0.267. The lowest BCUT2D eigenvalue weighted by Crippen LogP contribution is -2.04. The zero-order valence-corrected chi connectivity index (χ0v) is 20.6. The summed E-state index contributed by atoms with van der Waals surface area (Å²) in [5.74, 6) is 1.41. The summed E-state index contributed by atoms with van der Waals surface area (Å²) in [4.78, 5) is 4.44. The number of rotatable bonds is 9. The van der Waals surface area contributed by atoms with Crippen LogP contribution in [0.5, 0.6) is 11.5 Å². The van der Waals surface area contributed by atoms with Crippen LogP contribution in [0.15, 0.2) is 71.7 Å². The number of benzene rings is 3. The molecule has 5 nitrogen and oxygen atoms in total. The number of fused-ring (bicyclic) bond motifs is 1. The van der Waals surface area contributed by atoms with Crippen molar-refractivity contribution < 1.29 is 13.9 Å². The van der Waals surface area contributed by atoms with E-state index in [9.17, 15) is 5.26 Å². The maximum Gasteiger partial charge on any atom is 0.238 e. The topological polar surface area (TPSA) is 68.3 Å². The second-order valence-electron chi connectivity index (χ2n) is 7.61. The number of nitrogens with zero attached hydrogens (tertiary/aromatic N) is 2. The number of aromatic nitrogens is 1. The third kappa shape index (κ3) is 5.68. The van der Waals surface area contributed by atoms with E-state index in [1.54, 1.807) is 24.3 Å². The molecule has 1 aromatic heterocycles. The first-order valence-corrected chi connectivity index (χ1v) is 11.7. The average Bonchev–Trinajstić information content (AvgIpc) is 3.27. The fourth-order valence-corrected chi connectivity index (χ4v) is 4.05. The molecule has 0 bridgehead atoms. The summed E-state index contributed by atoms with van der Waals surface area (Å²) in [5.41, 5.74) is 4.02. The van der Waals surface area contributed by atoms with Gasteiger partial charge in [-0.2, -0.15) is 5.26 Å². The minimum absolute atomic E-state index is 0.238. The molecule has 0 unspecified atom stereocenters. The molecular weight excluding hydrogens is 483 g/mol. The monoisotopic (exact) mass is 504 g/mol. The van der Waals surface area contributed by atoms with Crippen molar-refractivity contribution >= 4 is 46.0 Å². The van der Waals surface area contributed by atoms with Crippen molar-refractivity contribution in [2.75, 3.05) is 6.61 Å². The van der Waals surface area contributed by atoms with E-state index in [4.69, 9.17) is 37.1 Å². The number of halogens is 2. The van der Waals surface area contributed by atoms with E-state index in [1.807, 2.05) is 49.4 Å². The molecule has 1 heterocycles. The minimum Gasteiger partial charge on any atom is -0.490 e. The van der Waals surface area contributed by atoms with Crippen LogP contribution in [0.3, 0.4) is 0 Å². The molecule has 0 N–H and O–H groups in total. The largest absolute Gasteiger partial charge is 0.490 e. The van der Waals surface area contributed by atoms with Crippen molar-refractivity contribution in [3.63, 3.8) is 0 Å². The maximum absolute atomic E-state index is 9.81. The molecule has 4 aromatic rings. The highest BCUT2D eigenvalue weighted by Crippen LogP contribution is 2.36. The van der Waals surface area contributed by atoms with Crippen molar-refractivity contribution in [2.45, 2.75) is 20.0 Å². The fourth-order valence-electron chi connectivity index (χ4n) is 3.59. The molecule has 3 aromatic carbocycles. The summed E-state index contributed by atoms with van der Waals surface area (Å²) in [6, 6.07) is 18.6. The zero-order chi connectivity index (χ0) is 24.8. The average molecular weight is 505 g/mol. The van der Waals surface area contributed by atoms with Crippen molar-refractivity contribution in [1.29, 1.82) is 5.26 Å². The Kier molecular flexibility index (Phi) is 7.77. The molecule has 176 valence electrons. The van der Waals surface area contributed by atoms with Gasteiger partial charge >= 0.3 is 0 Å². The van der Waals surface area contributed by atoms with Crippen LogP contribution >= 0.6 is 23.2 Å². The van der Waals surface area contributed by atoms with E-state index >= 15 is 0 Å². The highest BCUT2D eigenvalue weighted by atomic mass is 35.5. The first-order valence-electron chi connectivity index (χ1n) is 11.0. The van der Waals surface area contributed by atoms with Crippen molar-refractivity contribution in [1.82, 2.24) is 4.98 Å². The van der Waals surface area contributed by atoms with Crippen LogP contribution in [-0.2, 0) is 13.0 Å². The Hall–Kier alpha value is -3.72.